The Hall–Kier alpha value is -1.95. The molecule has 0 amide bonds. The van der Waals surface area contributed by atoms with Crippen LogP contribution in [0.5, 0.6) is 0 Å². The second kappa shape index (κ2) is 4.52. The van der Waals surface area contributed by atoms with Crippen molar-refractivity contribution in [3.05, 3.63) is 45.1 Å². The molecule has 0 saturated carbocycles. The number of hydrazone groups is 1. The third kappa shape index (κ3) is 2.75. The largest absolute Gasteiger partial charge is 0.346 e. The van der Waals surface area contributed by atoms with Gasteiger partial charge in [0.15, 0.2) is 0 Å². The lowest BCUT2D eigenvalue weighted by atomic mass is 10.5. The highest BCUT2D eigenvalue weighted by molar-refractivity contribution is 7.11. The summed E-state index contributed by atoms with van der Waals surface area (Å²) < 4.78 is 0. The van der Waals surface area contributed by atoms with E-state index in [4.69, 9.17) is 0 Å². The highest BCUT2D eigenvalue weighted by Crippen LogP contribution is 2.04. The normalized spacial score (nSPS) is 10.7. The first kappa shape index (κ1) is 9.60. The van der Waals surface area contributed by atoms with E-state index in [1.54, 1.807) is 23.6 Å². The molecular formula is C9H8N4OS. The standard InChI is InChI=1S/C9H8N4OS/c14-9-10-4-3-8(12-9)13-11-6-7-2-1-5-15-7/h1-6H,(H2,10,12,13,14)/b11-6-. The zero-order chi connectivity index (χ0) is 10.5. The van der Waals surface area contributed by atoms with Gasteiger partial charge in [-0.25, -0.2) is 9.78 Å². The van der Waals surface area contributed by atoms with Crippen LogP contribution in [0, 0.1) is 0 Å². The topological polar surface area (TPSA) is 70.1 Å². The molecule has 76 valence electrons. The third-order valence-electron chi connectivity index (χ3n) is 1.59. The summed E-state index contributed by atoms with van der Waals surface area (Å²) in [4.78, 5) is 17.9. The first-order valence-corrected chi connectivity index (χ1v) is 5.10. The summed E-state index contributed by atoms with van der Waals surface area (Å²) in [5.74, 6) is 0.516. The van der Waals surface area contributed by atoms with E-state index < -0.39 is 5.69 Å². The predicted molar refractivity (Wildman–Crippen MR) is 60.4 cm³/mol. The van der Waals surface area contributed by atoms with E-state index in [-0.39, 0.29) is 0 Å². The SMILES string of the molecule is O=c1nccc(N/N=C\c2cccs2)[nH]1. The molecule has 2 aromatic rings. The van der Waals surface area contributed by atoms with Crippen molar-refractivity contribution in [3.8, 4) is 0 Å². The Bertz CT molecular complexity index is 503. The van der Waals surface area contributed by atoms with Gasteiger partial charge in [0, 0.05) is 11.1 Å². The lowest BCUT2D eigenvalue weighted by Gasteiger charge is -1.96. The van der Waals surface area contributed by atoms with E-state index in [2.05, 4.69) is 20.5 Å². The maximum absolute atomic E-state index is 10.8. The van der Waals surface area contributed by atoms with E-state index in [1.807, 2.05) is 17.5 Å². The molecule has 2 heterocycles. The second-order valence-electron chi connectivity index (χ2n) is 2.67. The third-order valence-corrected chi connectivity index (χ3v) is 2.40. The Labute approximate surface area is 89.5 Å². The van der Waals surface area contributed by atoms with Crippen LogP contribution in [0.25, 0.3) is 0 Å². The molecule has 2 rings (SSSR count). The van der Waals surface area contributed by atoms with Gasteiger partial charge in [0.2, 0.25) is 0 Å². The molecule has 0 aromatic carbocycles. The molecule has 0 saturated heterocycles. The van der Waals surface area contributed by atoms with Gasteiger partial charge in [-0.3, -0.25) is 10.4 Å². The van der Waals surface area contributed by atoms with Crippen LogP contribution >= 0.6 is 11.3 Å². The fourth-order valence-corrected chi connectivity index (χ4v) is 1.55. The number of hydrogen-bond donors (Lipinski definition) is 2. The Morgan fingerprint density at radius 3 is 3.20 bits per heavy atom. The number of nitrogens with one attached hydrogen (secondary N) is 2. The minimum Gasteiger partial charge on any atom is -0.291 e. The van der Waals surface area contributed by atoms with Crippen LogP contribution in [0.1, 0.15) is 4.88 Å². The van der Waals surface area contributed by atoms with Crippen LogP contribution in [-0.4, -0.2) is 16.2 Å². The minimum absolute atomic E-state index is 0.397. The van der Waals surface area contributed by atoms with Gasteiger partial charge in [0.05, 0.1) is 6.21 Å². The molecule has 0 aliphatic carbocycles. The molecule has 0 radical (unpaired) electrons. The average Bonchev–Trinajstić information content (AvgIpc) is 2.71. The molecule has 0 spiro atoms. The number of nitrogens with zero attached hydrogens (tertiary/aromatic N) is 2. The highest BCUT2D eigenvalue weighted by atomic mass is 32.1. The summed E-state index contributed by atoms with van der Waals surface area (Å²) in [5, 5.41) is 5.93. The minimum atomic E-state index is -0.397. The number of H-pyrrole nitrogens is 1. The molecule has 6 heteroatoms. The first-order chi connectivity index (χ1) is 7.34. The van der Waals surface area contributed by atoms with Gasteiger partial charge in [-0.05, 0) is 17.5 Å². The zero-order valence-electron chi connectivity index (χ0n) is 7.68. The number of aromatic nitrogens is 2. The molecule has 0 fully saturated rings. The molecule has 0 unspecified atom stereocenters. The maximum atomic E-state index is 10.8. The lowest BCUT2D eigenvalue weighted by Crippen LogP contribution is -2.10. The number of anilines is 1. The van der Waals surface area contributed by atoms with Crippen molar-refractivity contribution in [2.45, 2.75) is 0 Å². The summed E-state index contributed by atoms with van der Waals surface area (Å²) in [7, 11) is 0. The highest BCUT2D eigenvalue weighted by Gasteiger charge is 1.90. The summed E-state index contributed by atoms with van der Waals surface area (Å²) in [5.41, 5.74) is 2.31. The van der Waals surface area contributed by atoms with Crippen LogP contribution in [0.3, 0.4) is 0 Å². The lowest BCUT2D eigenvalue weighted by molar-refractivity contribution is 1.06. The summed E-state index contributed by atoms with van der Waals surface area (Å²) >= 11 is 1.59. The smallest absolute Gasteiger partial charge is 0.291 e. The second-order valence-corrected chi connectivity index (χ2v) is 3.65. The van der Waals surface area contributed by atoms with Gasteiger partial charge in [0.1, 0.15) is 5.82 Å². The van der Waals surface area contributed by atoms with Crippen LogP contribution in [-0.2, 0) is 0 Å². The van der Waals surface area contributed by atoms with E-state index >= 15 is 0 Å². The van der Waals surface area contributed by atoms with Crippen LogP contribution in [0.2, 0.25) is 0 Å². The molecule has 15 heavy (non-hydrogen) atoms. The van der Waals surface area contributed by atoms with Gasteiger partial charge in [-0.2, -0.15) is 5.10 Å². The summed E-state index contributed by atoms with van der Waals surface area (Å²) in [6, 6.07) is 5.53. The molecule has 5 nitrogen and oxygen atoms in total. The van der Waals surface area contributed by atoms with E-state index in [1.165, 1.54) is 6.20 Å². The molecular weight excluding hydrogens is 212 g/mol. The summed E-state index contributed by atoms with van der Waals surface area (Å²) in [6.45, 7) is 0. The van der Waals surface area contributed by atoms with Crippen LogP contribution < -0.4 is 11.1 Å². The average molecular weight is 220 g/mol. The van der Waals surface area contributed by atoms with Gasteiger partial charge in [-0.15, -0.1) is 11.3 Å². The predicted octanol–water partition coefficient (Wildman–Crippen LogP) is 1.28. The van der Waals surface area contributed by atoms with Gasteiger partial charge < -0.3 is 0 Å². The maximum Gasteiger partial charge on any atom is 0.346 e. The molecule has 2 N–H and O–H groups in total. The Morgan fingerprint density at radius 1 is 1.53 bits per heavy atom. The monoisotopic (exact) mass is 220 g/mol. The van der Waals surface area contributed by atoms with E-state index in [0.29, 0.717) is 5.82 Å². The van der Waals surface area contributed by atoms with Crippen molar-refractivity contribution < 1.29 is 0 Å². The fraction of sp³-hybridized carbons (Fsp3) is 0. The Balaban J connectivity index is 2.02. The zero-order valence-corrected chi connectivity index (χ0v) is 8.49. The number of thiophene rings is 1. The molecule has 0 aliphatic heterocycles. The van der Waals surface area contributed by atoms with Crippen molar-refractivity contribution in [2.24, 2.45) is 5.10 Å². The van der Waals surface area contributed by atoms with Crippen molar-refractivity contribution in [1.82, 2.24) is 9.97 Å². The van der Waals surface area contributed by atoms with Crippen LogP contribution in [0.15, 0.2) is 39.7 Å². The van der Waals surface area contributed by atoms with Gasteiger partial charge in [0.25, 0.3) is 0 Å². The molecule has 0 bridgehead atoms. The number of rotatable bonds is 3. The van der Waals surface area contributed by atoms with Crippen molar-refractivity contribution >= 4 is 23.4 Å². The summed E-state index contributed by atoms with van der Waals surface area (Å²) in [6.07, 6.45) is 3.10. The van der Waals surface area contributed by atoms with Gasteiger partial charge in [-0.1, -0.05) is 6.07 Å². The number of aromatic amines is 1. The van der Waals surface area contributed by atoms with Gasteiger partial charge >= 0.3 is 5.69 Å². The van der Waals surface area contributed by atoms with Crippen LogP contribution in [0.4, 0.5) is 5.82 Å². The van der Waals surface area contributed by atoms with Crippen molar-refractivity contribution in [3.63, 3.8) is 0 Å². The number of hydrogen-bond acceptors (Lipinski definition) is 5. The van der Waals surface area contributed by atoms with Crippen molar-refractivity contribution in [2.75, 3.05) is 5.43 Å². The fourth-order valence-electron chi connectivity index (χ4n) is 0.964. The molecule has 2 aromatic heterocycles. The first-order valence-electron chi connectivity index (χ1n) is 4.22. The Kier molecular flexibility index (Phi) is 2.89. The Morgan fingerprint density at radius 2 is 2.47 bits per heavy atom. The quantitative estimate of drug-likeness (QED) is 0.604. The van der Waals surface area contributed by atoms with Crippen molar-refractivity contribution in [1.29, 1.82) is 0 Å². The van der Waals surface area contributed by atoms with E-state index in [0.717, 1.165) is 4.88 Å². The van der Waals surface area contributed by atoms with E-state index in [9.17, 15) is 4.79 Å². The molecule has 0 aliphatic rings. The molecule has 0 atom stereocenters.